The largest absolute Gasteiger partial charge is 1.00 e. The predicted octanol–water partition coefficient (Wildman–Crippen LogP) is 5.53. The Labute approximate surface area is 244 Å². The summed E-state index contributed by atoms with van der Waals surface area (Å²) in [5.74, 6) is 0.524. The third-order valence-corrected chi connectivity index (χ3v) is 7.12. The van der Waals surface area contributed by atoms with Crippen molar-refractivity contribution < 1.29 is 46.8 Å². The molecule has 0 spiro atoms. The first-order chi connectivity index (χ1) is 15.8. The summed E-state index contributed by atoms with van der Waals surface area (Å²) in [6, 6.07) is 0. The molecule has 1 nitrogen and oxygen atoms in total. The summed E-state index contributed by atoms with van der Waals surface area (Å²) < 4.78 is 0. The molecule has 0 aromatic heterocycles. The van der Waals surface area contributed by atoms with Crippen LogP contribution >= 0.6 is 0 Å². The number of unbranched alkanes of at least 4 members (excludes halogenated alkanes) is 24. The van der Waals surface area contributed by atoms with Gasteiger partial charge in [-0.1, -0.05) is 168 Å². The molecule has 0 fully saturated rings. The molecular formula is C31H62ClNaO. The number of halogens is 1. The van der Waals surface area contributed by atoms with Gasteiger partial charge >= 0.3 is 29.6 Å². The molecule has 0 aromatic carbocycles. The van der Waals surface area contributed by atoms with Crippen molar-refractivity contribution in [2.45, 2.75) is 194 Å². The molecule has 0 aliphatic heterocycles. The van der Waals surface area contributed by atoms with Crippen LogP contribution < -0.4 is 42.0 Å². The summed E-state index contributed by atoms with van der Waals surface area (Å²) in [6.07, 6.45) is 37.5. The number of rotatable bonds is 28. The fourth-order valence-electron chi connectivity index (χ4n) is 4.80. The van der Waals surface area contributed by atoms with E-state index in [2.05, 4.69) is 13.8 Å². The summed E-state index contributed by atoms with van der Waals surface area (Å²) in [7, 11) is 0. The number of hydrogen-bond donors (Lipinski definition) is 0. The number of ketones is 1. The van der Waals surface area contributed by atoms with E-state index in [9.17, 15) is 4.79 Å². The molecule has 0 radical (unpaired) electrons. The molecule has 0 amide bonds. The van der Waals surface area contributed by atoms with Gasteiger partial charge in [-0.15, -0.1) is 0 Å². The molecule has 0 rings (SSSR count). The van der Waals surface area contributed by atoms with Gasteiger partial charge in [0.1, 0.15) is 5.78 Å². The maximum absolute atomic E-state index is 12.0. The van der Waals surface area contributed by atoms with E-state index in [0.717, 1.165) is 25.7 Å². The molecule has 0 N–H and O–H groups in total. The quantitative estimate of drug-likeness (QED) is 0.100. The van der Waals surface area contributed by atoms with Crippen molar-refractivity contribution in [2.75, 3.05) is 0 Å². The Morgan fingerprint density at radius 3 is 0.735 bits per heavy atom. The molecular weight excluding hydrogens is 447 g/mol. The van der Waals surface area contributed by atoms with Gasteiger partial charge in [0.2, 0.25) is 0 Å². The molecule has 0 atom stereocenters. The van der Waals surface area contributed by atoms with Gasteiger partial charge in [0.25, 0.3) is 0 Å². The van der Waals surface area contributed by atoms with E-state index in [1.54, 1.807) is 0 Å². The second-order valence-electron chi connectivity index (χ2n) is 10.5. The Balaban J connectivity index is -0.00000480. The predicted molar refractivity (Wildman–Crippen MR) is 146 cm³/mol. The maximum atomic E-state index is 12.0. The van der Waals surface area contributed by atoms with Crippen molar-refractivity contribution >= 4 is 5.78 Å². The molecule has 0 unspecified atom stereocenters. The van der Waals surface area contributed by atoms with E-state index in [4.69, 9.17) is 0 Å². The van der Waals surface area contributed by atoms with Crippen molar-refractivity contribution in [3.05, 3.63) is 0 Å². The van der Waals surface area contributed by atoms with Crippen molar-refractivity contribution in [2.24, 2.45) is 0 Å². The average Bonchev–Trinajstić information content (AvgIpc) is 2.80. The average molecular weight is 509 g/mol. The monoisotopic (exact) mass is 508 g/mol. The summed E-state index contributed by atoms with van der Waals surface area (Å²) >= 11 is 0. The fraction of sp³-hybridized carbons (Fsp3) is 0.968. The Hall–Kier alpha value is 0.960. The van der Waals surface area contributed by atoms with Gasteiger partial charge in [0.15, 0.2) is 0 Å². The van der Waals surface area contributed by atoms with E-state index in [1.807, 2.05) is 0 Å². The van der Waals surface area contributed by atoms with Gasteiger partial charge in [0.05, 0.1) is 0 Å². The molecule has 0 bridgehead atoms. The summed E-state index contributed by atoms with van der Waals surface area (Å²) in [6.45, 7) is 4.58. The Morgan fingerprint density at radius 1 is 0.353 bits per heavy atom. The molecule has 0 aliphatic carbocycles. The molecule has 0 heterocycles. The molecule has 3 heteroatoms. The molecule has 0 aromatic rings. The van der Waals surface area contributed by atoms with Gasteiger partial charge in [-0.25, -0.2) is 0 Å². The minimum atomic E-state index is 0. The van der Waals surface area contributed by atoms with Crippen LogP contribution in [0.4, 0.5) is 0 Å². The minimum Gasteiger partial charge on any atom is -1.00 e. The van der Waals surface area contributed by atoms with E-state index < -0.39 is 0 Å². The van der Waals surface area contributed by atoms with E-state index in [-0.39, 0.29) is 42.0 Å². The Kier molecular flexibility index (Phi) is 41.9. The van der Waals surface area contributed by atoms with Crippen LogP contribution in [0.25, 0.3) is 0 Å². The molecule has 34 heavy (non-hydrogen) atoms. The number of carbonyl (C=O) groups excluding carboxylic acids is 1. The number of hydrogen-bond acceptors (Lipinski definition) is 1. The van der Waals surface area contributed by atoms with Crippen LogP contribution in [0.2, 0.25) is 0 Å². The zero-order valence-electron chi connectivity index (χ0n) is 24.1. The third-order valence-electron chi connectivity index (χ3n) is 7.12. The summed E-state index contributed by atoms with van der Waals surface area (Å²) in [5, 5.41) is 0. The Morgan fingerprint density at radius 2 is 0.529 bits per heavy atom. The first kappa shape index (κ1) is 39.5. The first-order valence-electron chi connectivity index (χ1n) is 15.3. The molecule has 0 saturated heterocycles. The van der Waals surface area contributed by atoms with Crippen molar-refractivity contribution in [1.29, 1.82) is 0 Å². The normalized spacial score (nSPS) is 10.6. The van der Waals surface area contributed by atoms with Crippen molar-refractivity contribution in [3.63, 3.8) is 0 Å². The summed E-state index contributed by atoms with van der Waals surface area (Å²) in [5.41, 5.74) is 0. The Bertz CT molecular complexity index is 329. The first-order valence-corrected chi connectivity index (χ1v) is 15.3. The topological polar surface area (TPSA) is 17.1 Å². The van der Waals surface area contributed by atoms with Crippen molar-refractivity contribution in [1.82, 2.24) is 0 Å². The minimum absolute atomic E-state index is 0. The SMILES string of the molecule is CCCCCCCCCCCCCCCC(=O)CCCCCCCCCCCCCCC.[Cl-].[Na+]. The van der Waals surface area contributed by atoms with Crippen LogP contribution in [0.15, 0.2) is 0 Å². The van der Waals surface area contributed by atoms with Crippen molar-refractivity contribution in [3.8, 4) is 0 Å². The fourth-order valence-corrected chi connectivity index (χ4v) is 4.80. The number of carbonyl (C=O) groups is 1. The standard InChI is InChI=1S/C31H62O.ClH.Na/c1-3-5-7-9-11-13-15-17-19-21-23-25-27-29-31(32)30-28-26-24-22-20-18-16-14-12-10-8-6-4-2;;/h3-30H2,1-2H3;1H;/q;;+1/p-1. The van der Waals surface area contributed by atoms with E-state index in [0.29, 0.717) is 5.78 Å². The second-order valence-corrected chi connectivity index (χ2v) is 10.5. The van der Waals surface area contributed by atoms with Crippen LogP contribution in [0.5, 0.6) is 0 Å². The second kappa shape index (κ2) is 36.1. The van der Waals surface area contributed by atoms with Crippen LogP contribution in [0, 0.1) is 0 Å². The van der Waals surface area contributed by atoms with Gasteiger partial charge in [0, 0.05) is 12.8 Å². The van der Waals surface area contributed by atoms with Crippen LogP contribution in [-0.4, -0.2) is 5.78 Å². The van der Waals surface area contributed by atoms with Crippen LogP contribution in [-0.2, 0) is 4.79 Å². The van der Waals surface area contributed by atoms with Crippen LogP contribution in [0.3, 0.4) is 0 Å². The van der Waals surface area contributed by atoms with Crippen LogP contribution in [0.1, 0.15) is 194 Å². The van der Waals surface area contributed by atoms with E-state index >= 15 is 0 Å². The van der Waals surface area contributed by atoms with Gasteiger partial charge < -0.3 is 12.4 Å². The molecule has 0 aliphatic rings. The molecule has 0 saturated carbocycles. The maximum Gasteiger partial charge on any atom is 1.00 e. The van der Waals surface area contributed by atoms with Gasteiger partial charge in [-0.2, -0.15) is 0 Å². The smallest absolute Gasteiger partial charge is 1.00 e. The molecule has 200 valence electrons. The zero-order valence-corrected chi connectivity index (χ0v) is 26.8. The third kappa shape index (κ3) is 35.1. The van der Waals surface area contributed by atoms with Gasteiger partial charge in [-0.05, 0) is 12.8 Å². The number of Topliss-reactive ketones (excluding diaryl/α,β-unsaturated/α-hetero) is 1. The summed E-state index contributed by atoms with van der Waals surface area (Å²) in [4.78, 5) is 12.0. The van der Waals surface area contributed by atoms with E-state index in [1.165, 1.54) is 154 Å². The zero-order chi connectivity index (χ0) is 23.4. The van der Waals surface area contributed by atoms with Gasteiger partial charge in [-0.3, -0.25) is 4.79 Å².